The Morgan fingerprint density at radius 3 is 2.03 bits per heavy atom. The van der Waals surface area contributed by atoms with E-state index in [4.69, 9.17) is 11.6 Å². The Bertz CT molecular complexity index is 1290. The third kappa shape index (κ3) is 5.19. The van der Waals surface area contributed by atoms with Gasteiger partial charge in [-0.1, -0.05) is 29.3 Å². The summed E-state index contributed by atoms with van der Waals surface area (Å²) in [6, 6.07) is 11.6. The minimum atomic E-state index is -0.952. The minimum Gasteiger partial charge on any atom is -0.349 e. The molecule has 0 unspecified atom stereocenters. The second kappa shape index (κ2) is 9.28. The number of non-ortho nitro benzene ring substituents is 2. The number of nitrogens with one attached hydrogen (secondary N) is 2. The summed E-state index contributed by atoms with van der Waals surface area (Å²) in [7, 11) is 0. The predicted molar refractivity (Wildman–Crippen MR) is 120 cm³/mol. The molecule has 0 spiro atoms. The van der Waals surface area contributed by atoms with Gasteiger partial charge in [0.1, 0.15) is 5.69 Å². The third-order valence-electron chi connectivity index (χ3n) is 4.49. The number of carbonyl (C=O) groups is 1. The lowest BCUT2D eigenvalue weighted by molar-refractivity contribution is -0.393. The maximum atomic E-state index is 13.0. The molecular weight excluding hydrogens is 458 g/mol. The molecule has 2 N–H and O–H groups in total. The molecule has 0 bridgehead atoms. The number of amides is 1. The van der Waals surface area contributed by atoms with Gasteiger partial charge >= 0.3 is 0 Å². The monoisotopic (exact) mass is 471 g/mol. The number of nitro groups is 3. The lowest BCUT2D eigenvalue weighted by Crippen LogP contribution is -2.16. The Morgan fingerprint density at radius 1 is 0.848 bits per heavy atom. The maximum Gasteiger partial charge on any atom is 0.300 e. The average Bonchev–Trinajstić information content (AvgIpc) is 2.76. The van der Waals surface area contributed by atoms with E-state index in [0.29, 0.717) is 5.69 Å². The SMILES string of the molecule is Cc1ccc(Nc2c(C(=O)Nc3ccc([N+](=O)[O-])cc3Cl)cc([N+](=O)[O-])cc2[N+](=O)[O-])cc1. The smallest absolute Gasteiger partial charge is 0.300 e. The average molecular weight is 472 g/mol. The van der Waals surface area contributed by atoms with E-state index in [2.05, 4.69) is 10.6 Å². The molecule has 13 heteroatoms. The first-order valence-electron chi connectivity index (χ1n) is 9.12. The summed E-state index contributed by atoms with van der Waals surface area (Å²) in [4.78, 5) is 44.5. The fraction of sp³-hybridized carbons (Fsp3) is 0.0500. The highest BCUT2D eigenvalue weighted by Crippen LogP contribution is 2.36. The molecule has 168 valence electrons. The van der Waals surface area contributed by atoms with Crippen LogP contribution in [0.5, 0.6) is 0 Å². The van der Waals surface area contributed by atoms with Crippen LogP contribution in [0.1, 0.15) is 15.9 Å². The van der Waals surface area contributed by atoms with E-state index >= 15 is 0 Å². The van der Waals surface area contributed by atoms with Crippen LogP contribution < -0.4 is 10.6 Å². The van der Waals surface area contributed by atoms with Gasteiger partial charge in [-0.05, 0) is 25.1 Å². The van der Waals surface area contributed by atoms with Gasteiger partial charge in [0.25, 0.3) is 23.0 Å². The van der Waals surface area contributed by atoms with Crippen molar-refractivity contribution in [2.75, 3.05) is 10.6 Å². The van der Waals surface area contributed by atoms with Gasteiger partial charge in [-0.15, -0.1) is 0 Å². The number of nitrogens with zero attached hydrogens (tertiary/aromatic N) is 3. The van der Waals surface area contributed by atoms with E-state index in [1.54, 1.807) is 24.3 Å². The van der Waals surface area contributed by atoms with E-state index < -0.39 is 37.6 Å². The summed E-state index contributed by atoms with van der Waals surface area (Å²) in [5.41, 5.74) is -1.05. The van der Waals surface area contributed by atoms with Crippen molar-refractivity contribution in [2.45, 2.75) is 6.92 Å². The molecule has 3 aromatic rings. The number of anilines is 3. The van der Waals surface area contributed by atoms with Gasteiger partial charge in [-0.25, -0.2) is 0 Å². The van der Waals surface area contributed by atoms with Gasteiger partial charge in [-0.3, -0.25) is 35.1 Å². The zero-order valence-corrected chi connectivity index (χ0v) is 17.5. The van der Waals surface area contributed by atoms with E-state index in [0.717, 1.165) is 29.8 Å². The number of rotatable bonds is 7. The van der Waals surface area contributed by atoms with Gasteiger partial charge in [0.2, 0.25) is 0 Å². The number of hydrogen-bond donors (Lipinski definition) is 2. The minimum absolute atomic E-state index is 0.0253. The fourth-order valence-electron chi connectivity index (χ4n) is 2.86. The maximum absolute atomic E-state index is 13.0. The first-order valence-corrected chi connectivity index (χ1v) is 9.50. The van der Waals surface area contributed by atoms with Crippen molar-refractivity contribution < 1.29 is 19.6 Å². The van der Waals surface area contributed by atoms with Crippen LogP contribution in [0.15, 0.2) is 54.6 Å². The molecular formula is C20H14ClN5O7. The molecule has 0 aromatic heterocycles. The number of aryl methyl sites for hydroxylation is 1. The van der Waals surface area contributed by atoms with Gasteiger partial charge in [0, 0.05) is 23.9 Å². The molecule has 0 aliphatic heterocycles. The largest absolute Gasteiger partial charge is 0.349 e. The topological polar surface area (TPSA) is 171 Å². The summed E-state index contributed by atoms with van der Waals surface area (Å²) in [5.74, 6) is -0.952. The number of halogens is 1. The Kier molecular flexibility index (Phi) is 6.49. The summed E-state index contributed by atoms with van der Waals surface area (Å²) < 4.78 is 0. The molecule has 0 saturated heterocycles. The molecule has 0 aliphatic carbocycles. The first-order chi connectivity index (χ1) is 15.6. The number of nitro benzene ring substituents is 3. The Hall–Kier alpha value is -4.58. The van der Waals surface area contributed by atoms with Gasteiger partial charge in [0.05, 0.1) is 37.1 Å². The first kappa shape index (κ1) is 23.1. The molecule has 3 aromatic carbocycles. The van der Waals surface area contributed by atoms with Crippen LogP contribution in [-0.2, 0) is 0 Å². The summed E-state index contributed by atoms with van der Waals surface area (Å²) >= 11 is 6.00. The second-order valence-electron chi connectivity index (χ2n) is 6.77. The standard InChI is InChI=1S/C20H14ClN5O7/c1-11-2-4-12(5-3-11)22-19-15(8-14(25(30)31)10-18(19)26(32)33)20(27)23-17-7-6-13(24(28)29)9-16(17)21/h2-10,22H,1H3,(H,23,27). The number of carbonyl (C=O) groups excluding carboxylic acids is 1. The molecule has 0 heterocycles. The van der Waals surface area contributed by atoms with Gasteiger partial charge in [0.15, 0.2) is 0 Å². The lowest BCUT2D eigenvalue weighted by atomic mass is 10.1. The molecule has 33 heavy (non-hydrogen) atoms. The normalized spacial score (nSPS) is 10.4. The highest BCUT2D eigenvalue weighted by Gasteiger charge is 2.28. The van der Waals surface area contributed by atoms with Crippen LogP contribution in [-0.4, -0.2) is 20.7 Å². The van der Waals surface area contributed by atoms with Crippen molar-refractivity contribution in [2.24, 2.45) is 0 Å². The zero-order chi connectivity index (χ0) is 24.3. The van der Waals surface area contributed by atoms with Crippen LogP contribution in [0.2, 0.25) is 5.02 Å². The van der Waals surface area contributed by atoms with Crippen molar-refractivity contribution in [3.05, 3.63) is 101 Å². The highest BCUT2D eigenvalue weighted by atomic mass is 35.5. The van der Waals surface area contributed by atoms with Crippen molar-refractivity contribution in [1.82, 2.24) is 0 Å². The number of hydrogen-bond acceptors (Lipinski definition) is 8. The predicted octanol–water partition coefficient (Wildman–Crippen LogP) is 5.37. The van der Waals surface area contributed by atoms with Crippen LogP contribution in [0, 0.1) is 37.3 Å². The van der Waals surface area contributed by atoms with E-state index in [9.17, 15) is 35.1 Å². The zero-order valence-electron chi connectivity index (χ0n) is 16.8. The molecule has 0 radical (unpaired) electrons. The third-order valence-corrected chi connectivity index (χ3v) is 4.80. The Labute approximate surface area is 190 Å². The summed E-state index contributed by atoms with van der Waals surface area (Å²) in [6.07, 6.45) is 0. The van der Waals surface area contributed by atoms with Crippen LogP contribution >= 0.6 is 11.6 Å². The van der Waals surface area contributed by atoms with Gasteiger partial charge in [-0.2, -0.15) is 0 Å². The molecule has 12 nitrogen and oxygen atoms in total. The van der Waals surface area contributed by atoms with E-state index in [-0.39, 0.29) is 22.1 Å². The van der Waals surface area contributed by atoms with Crippen molar-refractivity contribution in [3.8, 4) is 0 Å². The van der Waals surface area contributed by atoms with E-state index in [1.807, 2.05) is 6.92 Å². The van der Waals surface area contributed by atoms with Gasteiger partial charge < -0.3 is 10.6 Å². The van der Waals surface area contributed by atoms with Crippen LogP contribution in [0.25, 0.3) is 0 Å². The Morgan fingerprint density at radius 2 is 1.48 bits per heavy atom. The Balaban J connectivity index is 2.10. The van der Waals surface area contributed by atoms with Crippen LogP contribution in [0.3, 0.4) is 0 Å². The molecule has 3 rings (SSSR count). The second-order valence-corrected chi connectivity index (χ2v) is 7.18. The molecule has 1 amide bonds. The fourth-order valence-corrected chi connectivity index (χ4v) is 3.08. The van der Waals surface area contributed by atoms with Crippen LogP contribution in [0.4, 0.5) is 34.1 Å². The molecule has 0 fully saturated rings. The van der Waals surface area contributed by atoms with Crippen molar-refractivity contribution >= 4 is 51.6 Å². The van der Waals surface area contributed by atoms with E-state index in [1.165, 1.54) is 6.07 Å². The summed E-state index contributed by atoms with van der Waals surface area (Å²) in [5, 5.41) is 38.8. The lowest BCUT2D eigenvalue weighted by Gasteiger charge is -2.14. The quantitative estimate of drug-likeness (QED) is 0.342. The highest BCUT2D eigenvalue weighted by molar-refractivity contribution is 6.34. The number of benzene rings is 3. The van der Waals surface area contributed by atoms with Crippen molar-refractivity contribution in [3.63, 3.8) is 0 Å². The molecule has 0 atom stereocenters. The summed E-state index contributed by atoms with van der Waals surface area (Å²) in [6.45, 7) is 1.84. The molecule has 0 saturated carbocycles. The molecule has 0 aliphatic rings. The van der Waals surface area contributed by atoms with Crippen molar-refractivity contribution in [1.29, 1.82) is 0 Å².